The molecule has 3 aromatic carbocycles. The molecule has 2 heterocycles. The number of fused-ring (bicyclic) bond motifs is 3. The lowest BCUT2D eigenvalue weighted by atomic mass is 9.96. The zero-order chi connectivity index (χ0) is 25.2. The Morgan fingerprint density at radius 1 is 0.861 bits per heavy atom. The van der Waals surface area contributed by atoms with Gasteiger partial charge in [-0.2, -0.15) is 0 Å². The SMILES string of the molecule is Cc1cccc(C2c3cccn3-c3ccccc3N2C(=O)CN(C(=O)Cc2ccccc2)C(C)C)c1. The van der Waals surface area contributed by atoms with E-state index in [-0.39, 0.29) is 36.9 Å². The number of rotatable bonds is 6. The van der Waals surface area contributed by atoms with E-state index in [4.69, 9.17) is 0 Å². The molecule has 1 atom stereocenters. The summed E-state index contributed by atoms with van der Waals surface area (Å²) in [6, 6.07) is 29.7. The number of anilines is 1. The minimum atomic E-state index is -0.291. The van der Waals surface area contributed by atoms with Gasteiger partial charge in [0.05, 0.1) is 23.5 Å². The third kappa shape index (κ3) is 4.44. The maximum Gasteiger partial charge on any atom is 0.247 e. The molecule has 4 aromatic rings. The highest BCUT2D eigenvalue weighted by Crippen LogP contribution is 2.42. The van der Waals surface area contributed by atoms with Gasteiger partial charge in [0, 0.05) is 12.2 Å². The Labute approximate surface area is 212 Å². The van der Waals surface area contributed by atoms with Crippen LogP contribution in [-0.4, -0.2) is 33.9 Å². The summed E-state index contributed by atoms with van der Waals surface area (Å²) in [4.78, 5) is 31.1. The Kier molecular flexibility index (Phi) is 6.47. The highest BCUT2D eigenvalue weighted by Gasteiger charge is 2.37. The Morgan fingerprint density at radius 2 is 1.58 bits per heavy atom. The van der Waals surface area contributed by atoms with Gasteiger partial charge in [-0.15, -0.1) is 0 Å². The number of hydrogen-bond acceptors (Lipinski definition) is 2. The fraction of sp³-hybridized carbons (Fsp3) is 0.226. The van der Waals surface area contributed by atoms with Gasteiger partial charge < -0.3 is 9.47 Å². The summed E-state index contributed by atoms with van der Waals surface area (Å²) in [7, 11) is 0. The molecule has 2 amide bonds. The van der Waals surface area contributed by atoms with Crippen molar-refractivity contribution in [3.8, 4) is 5.69 Å². The third-order valence-electron chi connectivity index (χ3n) is 6.79. The summed E-state index contributed by atoms with van der Waals surface area (Å²) in [6.45, 7) is 6.00. The number of aromatic nitrogens is 1. The van der Waals surface area contributed by atoms with E-state index >= 15 is 0 Å². The normalized spacial score (nSPS) is 14.3. The Balaban J connectivity index is 1.53. The quantitative estimate of drug-likeness (QED) is 0.358. The molecule has 1 aliphatic rings. The number of para-hydroxylation sites is 2. The average Bonchev–Trinajstić information content (AvgIpc) is 3.36. The van der Waals surface area contributed by atoms with Crippen LogP contribution in [0.1, 0.15) is 42.3 Å². The molecule has 0 N–H and O–H groups in total. The van der Waals surface area contributed by atoms with Crippen LogP contribution in [0.4, 0.5) is 5.69 Å². The van der Waals surface area contributed by atoms with Gasteiger partial charge in [0.1, 0.15) is 12.6 Å². The molecule has 1 aliphatic heterocycles. The fourth-order valence-corrected chi connectivity index (χ4v) is 5.07. The molecular weight excluding hydrogens is 446 g/mol. The monoisotopic (exact) mass is 477 g/mol. The smallest absolute Gasteiger partial charge is 0.247 e. The minimum absolute atomic E-state index is 0.0146. The van der Waals surface area contributed by atoms with Crippen LogP contribution in [0.5, 0.6) is 0 Å². The summed E-state index contributed by atoms with van der Waals surface area (Å²) < 4.78 is 2.16. The zero-order valence-electron chi connectivity index (χ0n) is 21.0. The van der Waals surface area contributed by atoms with E-state index in [1.54, 1.807) is 4.90 Å². The first-order valence-electron chi connectivity index (χ1n) is 12.4. The van der Waals surface area contributed by atoms with E-state index in [1.807, 2.05) is 91.7 Å². The van der Waals surface area contributed by atoms with Gasteiger partial charge in [-0.05, 0) is 56.2 Å². The summed E-state index contributed by atoms with van der Waals surface area (Å²) in [5.41, 5.74) is 5.96. The number of benzene rings is 3. The van der Waals surface area contributed by atoms with Crippen molar-refractivity contribution in [1.29, 1.82) is 0 Å². The van der Waals surface area contributed by atoms with E-state index in [2.05, 4.69) is 35.8 Å². The van der Waals surface area contributed by atoms with Crippen LogP contribution in [0.3, 0.4) is 0 Å². The van der Waals surface area contributed by atoms with Gasteiger partial charge in [0.2, 0.25) is 11.8 Å². The molecule has 0 aliphatic carbocycles. The number of carbonyl (C=O) groups excluding carboxylic acids is 2. The minimum Gasteiger partial charge on any atom is -0.331 e. The predicted octanol–water partition coefficient (Wildman–Crippen LogP) is 5.70. The second kappa shape index (κ2) is 9.86. The number of nitrogens with zero attached hydrogens (tertiary/aromatic N) is 3. The Hall–Kier alpha value is -4.12. The van der Waals surface area contributed by atoms with Gasteiger partial charge in [0.15, 0.2) is 0 Å². The van der Waals surface area contributed by atoms with Crippen molar-refractivity contribution in [3.63, 3.8) is 0 Å². The van der Waals surface area contributed by atoms with Crippen molar-refractivity contribution < 1.29 is 9.59 Å². The van der Waals surface area contributed by atoms with E-state index in [9.17, 15) is 9.59 Å². The number of aryl methyl sites for hydroxylation is 1. The van der Waals surface area contributed by atoms with Crippen molar-refractivity contribution in [2.24, 2.45) is 0 Å². The van der Waals surface area contributed by atoms with Crippen molar-refractivity contribution in [3.05, 3.63) is 120 Å². The van der Waals surface area contributed by atoms with Crippen molar-refractivity contribution in [1.82, 2.24) is 9.47 Å². The van der Waals surface area contributed by atoms with E-state index < -0.39 is 0 Å². The molecule has 1 unspecified atom stereocenters. The summed E-state index contributed by atoms with van der Waals surface area (Å²) in [6.07, 6.45) is 2.32. The van der Waals surface area contributed by atoms with Crippen LogP contribution < -0.4 is 4.90 Å². The number of amides is 2. The van der Waals surface area contributed by atoms with Crippen LogP contribution in [0.15, 0.2) is 97.2 Å². The maximum atomic E-state index is 14.2. The van der Waals surface area contributed by atoms with Crippen molar-refractivity contribution >= 4 is 17.5 Å². The molecule has 0 spiro atoms. The van der Waals surface area contributed by atoms with Gasteiger partial charge in [-0.3, -0.25) is 14.5 Å². The molecule has 36 heavy (non-hydrogen) atoms. The highest BCUT2D eigenvalue weighted by molar-refractivity contribution is 6.00. The van der Waals surface area contributed by atoms with Crippen LogP contribution >= 0.6 is 0 Å². The fourth-order valence-electron chi connectivity index (χ4n) is 5.07. The molecule has 5 nitrogen and oxygen atoms in total. The highest BCUT2D eigenvalue weighted by atomic mass is 16.2. The topological polar surface area (TPSA) is 45.6 Å². The standard InChI is InChI=1S/C31H31N3O2/c1-22(2)33(29(35)20-24-12-5-4-6-13-24)21-30(36)34-27-16-8-7-15-26(27)32-18-10-17-28(32)31(34)25-14-9-11-23(3)19-25/h4-19,22,31H,20-21H2,1-3H3. The van der Waals surface area contributed by atoms with Crippen LogP contribution in [0.2, 0.25) is 0 Å². The first-order chi connectivity index (χ1) is 17.4. The Morgan fingerprint density at radius 3 is 2.31 bits per heavy atom. The third-order valence-corrected chi connectivity index (χ3v) is 6.79. The summed E-state index contributed by atoms with van der Waals surface area (Å²) >= 11 is 0. The first kappa shape index (κ1) is 23.6. The Bertz CT molecular complexity index is 1390. The van der Waals surface area contributed by atoms with Crippen molar-refractivity contribution in [2.45, 2.75) is 39.3 Å². The van der Waals surface area contributed by atoms with E-state index in [0.29, 0.717) is 0 Å². The average molecular weight is 478 g/mol. The molecule has 5 rings (SSSR count). The van der Waals surface area contributed by atoms with E-state index in [0.717, 1.165) is 33.8 Å². The van der Waals surface area contributed by atoms with Gasteiger partial charge in [-0.25, -0.2) is 0 Å². The molecule has 0 bridgehead atoms. The maximum absolute atomic E-state index is 14.2. The number of hydrogen-bond donors (Lipinski definition) is 0. The lowest BCUT2D eigenvalue weighted by molar-refractivity contribution is -0.136. The molecule has 0 radical (unpaired) electrons. The largest absolute Gasteiger partial charge is 0.331 e. The first-order valence-corrected chi connectivity index (χ1v) is 12.4. The van der Waals surface area contributed by atoms with Gasteiger partial charge in [-0.1, -0.05) is 72.3 Å². The van der Waals surface area contributed by atoms with Crippen LogP contribution in [-0.2, 0) is 16.0 Å². The van der Waals surface area contributed by atoms with E-state index in [1.165, 1.54) is 0 Å². The van der Waals surface area contributed by atoms with Crippen LogP contribution in [0.25, 0.3) is 5.69 Å². The summed E-state index contributed by atoms with van der Waals surface area (Å²) in [5, 5.41) is 0. The van der Waals surface area contributed by atoms with Gasteiger partial charge in [0.25, 0.3) is 0 Å². The molecule has 182 valence electrons. The lowest BCUT2D eigenvalue weighted by Gasteiger charge is -2.40. The molecule has 0 saturated carbocycles. The molecule has 0 saturated heterocycles. The number of carbonyl (C=O) groups is 2. The second-order valence-corrected chi connectivity index (χ2v) is 9.65. The van der Waals surface area contributed by atoms with Gasteiger partial charge >= 0.3 is 0 Å². The summed E-state index contributed by atoms with van der Waals surface area (Å²) in [5.74, 6) is -0.151. The molecule has 1 aromatic heterocycles. The predicted molar refractivity (Wildman–Crippen MR) is 143 cm³/mol. The van der Waals surface area contributed by atoms with Crippen LogP contribution in [0, 0.1) is 6.92 Å². The molecule has 5 heteroatoms. The molecular formula is C31H31N3O2. The molecule has 0 fully saturated rings. The second-order valence-electron chi connectivity index (χ2n) is 9.65. The lowest BCUT2D eigenvalue weighted by Crippen LogP contribution is -2.49. The zero-order valence-corrected chi connectivity index (χ0v) is 21.0. The van der Waals surface area contributed by atoms with Crippen molar-refractivity contribution in [2.75, 3.05) is 11.4 Å².